The summed E-state index contributed by atoms with van der Waals surface area (Å²) in [4.78, 5) is 20.7. The van der Waals surface area contributed by atoms with E-state index in [9.17, 15) is 9.59 Å². The average Bonchev–Trinajstić information content (AvgIpc) is 1.89. The first-order valence-electron chi connectivity index (χ1n) is 3.60. The molecular weight excluding hydrogens is 128 g/mol. The van der Waals surface area contributed by atoms with Gasteiger partial charge in [-0.3, -0.25) is 9.59 Å². The van der Waals surface area contributed by atoms with Gasteiger partial charge in [-0.15, -0.1) is 0 Å². The van der Waals surface area contributed by atoms with Gasteiger partial charge in [0.05, 0.1) is 5.92 Å². The molecule has 0 fully saturated rings. The third-order valence-corrected chi connectivity index (χ3v) is 1.48. The van der Waals surface area contributed by atoms with Gasteiger partial charge in [-0.05, 0) is 13.3 Å². The topological polar surface area (TPSA) is 34.1 Å². The highest BCUT2D eigenvalue weighted by Gasteiger charge is 2.11. The number of unbranched alkanes of at least 4 members (excludes halogenated alkanes) is 1. The molecule has 2 heteroatoms. The first-order valence-corrected chi connectivity index (χ1v) is 3.60. The number of hydrogen-bond donors (Lipinski definition) is 0. The molecule has 0 rings (SSSR count). The maximum absolute atomic E-state index is 10.6. The zero-order valence-electron chi connectivity index (χ0n) is 6.52. The van der Waals surface area contributed by atoms with Crippen LogP contribution in [0.4, 0.5) is 0 Å². The molecule has 0 amide bonds. The Labute approximate surface area is 61.6 Å². The Balaban J connectivity index is 3.60. The van der Waals surface area contributed by atoms with Crippen LogP contribution in [-0.2, 0) is 9.59 Å². The van der Waals surface area contributed by atoms with Crippen LogP contribution in [0.5, 0.6) is 0 Å². The molecular formula is C8H13O2. The molecule has 0 saturated carbocycles. The monoisotopic (exact) mass is 141 g/mol. The summed E-state index contributed by atoms with van der Waals surface area (Å²) in [6.07, 6.45) is 4.35. The summed E-state index contributed by atoms with van der Waals surface area (Å²) < 4.78 is 0. The molecule has 0 N–H and O–H groups in total. The Morgan fingerprint density at radius 1 is 1.60 bits per heavy atom. The number of carbonyl (C=O) groups is 1. The van der Waals surface area contributed by atoms with Crippen LogP contribution in [-0.4, -0.2) is 12.1 Å². The number of ketones is 1. The van der Waals surface area contributed by atoms with Crippen LogP contribution in [0.15, 0.2) is 0 Å². The van der Waals surface area contributed by atoms with Crippen molar-refractivity contribution in [3.63, 3.8) is 0 Å². The zero-order valence-corrected chi connectivity index (χ0v) is 6.52. The van der Waals surface area contributed by atoms with E-state index in [2.05, 4.69) is 0 Å². The third kappa shape index (κ3) is 3.38. The Bertz CT molecular complexity index is 118. The van der Waals surface area contributed by atoms with Crippen molar-refractivity contribution in [1.29, 1.82) is 0 Å². The van der Waals surface area contributed by atoms with Gasteiger partial charge in [0.15, 0.2) is 0 Å². The molecule has 0 bridgehead atoms. The normalized spacial score (nSPS) is 12.6. The van der Waals surface area contributed by atoms with E-state index in [1.807, 2.05) is 6.92 Å². The molecule has 0 heterocycles. The SMILES string of the molecule is CCCCC([C]=O)C(C)=O. The molecule has 0 aromatic carbocycles. The molecule has 0 spiro atoms. The van der Waals surface area contributed by atoms with E-state index in [1.54, 1.807) is 6.29 Å². The van der Waals surface area contributed by atoms with Gasteiger partial charge in [0.2, 0.25) is 6.29 Å². The summed E-state index contributed by atoms with van der Waals surface area (Å²) in [5.41, 5.74) is 0. The smallest absolute Gasteiger partial charge is 0.209 e. The predicted molar refractivity (Wildman–Crippen MR) is 39.4 cm³/mol. The van der Waals surface area contributed by atoms with Crippen molar-refractivity contribution in [2.45, 2.75) is 33.1 Å². The van der Waals surface area contributed by atoms with Crippen molar-refractivity contribution in [2.75, 3.05) is 0 Å². The fourth-order valence-electron chi connectivity index (χ4n) is 0.753. The molecule has 2 nitrogen and oxygen atoms in total. The van der Waals surface area contributed by atoms with Gasteiger partial charge in [-0.25, -0.2) is 0 Å². The lowest BCUT2D eigenvalue weighted by molar-refractivity contribution is -0.119. The van der Waals surface area contributed by atoms with Crippen LogP contribution < -0.4 is 0 Å². The summed E-state index contributed by atoms with van der Waals surface area (Å²) in [5, 5.41) is 0. The van der Waals surface area contributed by atoms with E-state index >= 15 is 0 Å². The van der Waals surface area contributed by atoms with Crippen LogP contribution in [0, 0.1) is 5.92 Å². The number of Topliss-reactive ketones (excluding diaryl/α,β-unsaturated/α-hetero) is 1. The van der Waals surface area contributed by atoms with Crippen LogP contribution in [0.2, 0.25) is 0 Å². The Morgan fingerprint density at radius 2 is 2.20 bits per heavy atom. The van der Waals surface area contributed by atoms with Gasteiger partial charge in [-0.1, -0.05) is 19.8 Å². The van der Waals surface area contributed by atoms with E-state index in [-0.39, 0.29) is 5.78 Å². The predicted octanol–water partition coefficient (Wildman–Crippen LogP) is 1.49. The maximum atomic E-state index is 10.6. The van der Waals surface area contributed by atoms with Crippen LogP contribution in [0.25, 0.3) is 0 Å². The van der Waals surface area contributed by atoms with Crippen LogP contribution in [0.3, 0.4) is 0 Å². The molecule has 1 radical (unpaired) electrons. The van der Waals surface area contributed by atoms with E-state index in [0.29, 0.717) is 6.42 Å². The van der Waals surface area contributed by atoms with Gasteiger partial charge in [-0.2, -0.15) is 0 Å². The zero-order chi connectivity index (χ0) is 7.98. The largest absolute Gasteiger partial charge is 0.299 e. The lowest BCUT2D eigenvalue weighted by Crippen LogP contribution is -2.11. The quantitative estimate of drug-likeness (QED) is 0.543. The van der Waals surface area contributed by atoms with Crippen molar-refractivity contribution in [3.05, 3.63) is 0 Å². The molecule has 0 aliphatic rings. The fourth-order valence-corrected chi connectivity index (χ4v) is 0.753. The van der Waals surface area contributed by atoms with E-state index in [4.69, 9.17) is 0 Å². The van der Waals surface area contributed by atoms with Crippen molar-refractivity contribution in [3.8, 4) is 0 Å². The van der Waals surface area contributed by atoms with Crippen molar-refractivity contribution >= 4 is 12.1 Å². The second-order valence-corrected chi connectivity index (χ2v) is 2.42. The standard InChI is InChI=1S/C8H13O2/c1-3-4-5-8(6-9)7(2)10/h8H,3-5H2,1-2H3. The van der Waals surface area contributed by atoms with Crippen LogP contribution in [0.1, 0.15) is 33.1 Å². The fraction of sp³-hybridized carbons (Fsp3) is 0.750. The Hall–Kier alpha value is -0.660. The highest BCUT2D eigenvalue weighted by Crippen LogP contribution is 2.06. The number of rotatable bonds is 5. The summed E-state index contributed by atoms with van der Waals surface area (Å²) in [6, 6.07) is 0. The molecule has 0 aromatic rings. The van der Waals surface area contributed by atoms with E-state index in [1.165, 1.54) is 6.92 Å². The molecule has 1 unspecified atom stereocenters. The van der Waals surface area contributed by atoms with Crippen molar-refractivity contribution in [1.82, 2.24) is 0 Å². The van der Waals surface area contributed by atoms with E-state index in [0.717, 1.165) is 12.8 Å². The minimum absolute atomic E-state index is 0.0662. The van der Waals surface area contributed by atoms with Crippen molar-refractivity contribution < 1.29 is 9.59 Å². The molecule has 0 aliphatic heterocycles. The van der Waals surface area contributed by atoms with Gasteiger partial charge >= 0.3 is 0 Å². The second-order valence-electron chi connectivity index (χ2n) is 2.42. The molecule has 57 valence electrons. The van der Waals surface area contributed by atoms with Gasteiger partial charge in [0.25, 0.3) is 0 Å². The molecule has 0 aliphatic carbocycles. The minimum atomic E-state index is -0.472. The minimum Gasteiger partial charge on any atom is -0.299 e. The van der Waals surface area contributed by atoms with E-state index < -0.39 is 5.92 Å². The number of carbonyl (C=O) groups excluding carboxylic acids is 2. The Kier molecular flexibility index (Phi) is 4.81. The molecule has 1 atom stereocenters. The Morgan fingerprint density at radius 3 is 2.50 bits per heavy atom. The lowest BCUT2D eigenvalue weighted by atomic mass is 10.0. The van der Waals surface area contributed by atoms with Gasteiger partial charge < -0.3 is 0 Å². The highest BCUT2D eigenvalue weighted by molar-refractivity contribution is 5.91. The lowest BCUT2D eigenvalue weighted by Gasteiger charge is -2.01. The van der Waals surface area contributed by atoms with Gasteiger partial charge in [0.1, 0.15) is 5.78 Å². The summed E-state index contributed by atoms with van der Waals surface area (Å²) >= 11 is 0. The molecule has 0 aromatic heterocycles. The third-order valence-electron chi connectivity index (χ3n) is 1.48. The average molecular weight is 141 g/mol. The molecule has 0 saturated heterocycles. The summed E-state index contributed by atoms with van der Waals surface area (Å²) in [7, 11) is 0. The second kappa shape index (κ2) is 5.15. The number of hydrogen-bond acceptors (Lipinski definition) is 2. The summed E-state index contributed by atoms with van der Waals surface area (Å²) in [6.45, 7) is 3.47. The first-order chi connectivity index (χ1) is 4.72. The summed E-state index contributed by atoms with van der Waals surface area (Å²) in [5.74, 6) is -0.539. The van der Waals surface area contributed by atoms with Crippen LogP contribution >= 0.6 is 0 Å². The maximum Gasteiger partial charge on any atom is 0.209 e. The van der Waals surface area contributed by atoms with Gasteiger partial charge in [0, 0.05) is 0 Å². The van der Waals surface area contributed by atoms with Crippen molar-refractivity contribution in [2.24, 2.45) is 5.92 Å². The molecule has 10 heavy (non-hydrogen) atoms. The highest BCUT2D eigenvalue weighted by atomic mass is 16.1. The first kappa shape index (κ1) is 9.34.